The van der Waals surface area contributed by atoms with Crippen LogP contribution in [0.5, 0.6) is 0 Å². The fourth-order valence-corrected chi connectivity index (χ4v) is 6.39. The molecule has 190 valence electrons. The van der Waals surface area contributed by atoms with E-state index in [-0.39, 0.29) is 45.7 Å². The number of esters is 1. The summed E-state index contributed by atoms with van der Waals surface area (Å²) in [6.07, 6.45) is 3.01. The Labute approximate surface area is 205 Å². The number of nitrogens with zero attached hydrogens (tertiary/aromatic N) is 2. The lowest BCUT2D eigenvalue weighted by Crippen LogP contribution is -2.60. The van der Waals surface area contributed by atoms with Crippen LogP contribution in [0.4, 0.5) is 0 Å². The van der Waals surface area contributed by atoms with Gasteiger partial charge in [-0.3, -0.25) is 9.80 Å². The fourth-order valence-electron chi connectivity index (χ4n) is 6.39. The molecule has 0 saturated carbocycles. The Morgan fingerprint density at radius 3 is 1.71 bits per heavy atom. The SMILES string of the molecule is CN1C(C)(C)CC(OC(=O)c2ccc(C(=O)O)cc2C2CC(C)(C)N(C)C(C)(C)C2)CC1(C)C. The highest BCUT2D eigenvalue weighted by atomic mass is 16.5. The Morgan fingerprint density at radius 1 is 0.824 bits per heavy atom. The molecule has 6 nitrogen and oxygen atoms in total. The number of rotatable bonds is 4. The van der Waals surface area contributed by atoms with Gasteiger partial charge in [-0.1, -0.05) is 0 Å². The number of carbonyl (C=O) groups is 2. The normalized spacial score (nSPS) is 25.1. The number of likely N-dealkylation sites (tertiary alicyclic amines) is 2. The van der Waals surface area contributed by atoms with Crippen molar-refractivity contribution in [2.24, 2.45) is 0 Å². The van der Waals surface area contributed by atoms with Crippen LogP contribution in [-0.2, 0) is 4.74 Å². The van der Waals surface area contributed by atoms with Crippen molar-refractivity contribution in [1.29, 1.82) is 0 Å². The molecular formula is C28H44N2O4. The Balaban J connectivity index is 1.96. The molecule has 2 heterocycles. The molecule has 0 atom stereocenters. The van der Waals surface area contributed by atoms with Crippen molar-refractivity contribution >= 4 is 11.9 Å². The van der Waals surface area contributed by atoms with Gasteiger partial charge >= 0.3 is 11.9 Å². The van der Waals surface area contributed by atoms with E-state index >= 15 is 0 Å². The molecular weight excluding hydrogens is 428 g/mol. The molecule has 2 aliphatic heterocycles. The summed E-state index contributed by atoms with van der Waals surface area (Å²) in [4.78, 5) is 30.1. The minimum absolute atomic E-state index is 0.0634. The van der Waals surface area contributed by atoms with Gasteiger partial charge in [-0.25, -0.2) is 9.59 Å². The Bertz CT molecular complexity index is 927. The maximum atomic E-state index is 13.6. The van der Waals surface area contributed by atoms with E-state index in [1.54, 1.807) is 12.1 Å². The lowest BCUT2D eigenvalue weighted by molar-refractivity contribution is -0.0733. The lowest BCUT2D eigenvalue weighted by Gasteiger charge is -2.54. The number of aromatic carboxylic acids is 1. The fraction of sp³-hybridized carbons (Fsp3) is 0.714. The van der Waals surface area contributed by atoms with E-state index in [1.807, 2.05) is 0 Å². The number of carbonyl (C=O) groups excluding carboxylic acids is 1. The zero-order valence-electron chi connectivity index (χ0n) is 22.8. The predicted molar refractivity (Wildman–Crippen MR) is 136 cm³/mol. The molecule has 1 aromatic carbocycles. The third kappa shape index (κ3) is 5.03. The van der Waals surface area contributed by atoms with E-state index in [1.165, 1.54) is 6.07 Å². The molecule has 0 radical (unpaired) electrons. The second-order valence-corrected chi connectivity index (χ2v) is 13.0. The first-order valence-electron chi connectivity index (χ1n) is 12.4. The molecule has 1 aromatic rings. The first-order valence-corrected chi connectivity index (χ1v) is 12.4. The van der Waals surface area contributed by atoms with Gasteiger partial charge in [0.05, 0.1) is 11.1 Å². The van der Waals surface area contributed by atoms with Gasteiger partial charge in [0.2, 0.25) is 0 Å². The molecule has 3 rings (SSSR count). The molecule has 0 unspecified atom stereocenters. The average molecular weight is 473 g/mol. The molecule has 0 aliphatic carbocycles. The highest BCUT2D eigenvalue weighted by Gasteiger charge is 2.46. The van der Waals surface area contributed by atoms with Crippen LogP contribution in [0, 0.1) is 0 Å². The van der Waals surface area contributed by atoms with Crippen LogP contribution in [-0.4, -0.2) is 69.2 Å². The molecule has 2 fully saturated rings. The second-order valence-electron chi connectivity index (χ2n) is 13.0. The number of hydrogen-bond donors (Lipinski definition) is 1. The van der Waals surface area contributed by atoms with Crippen molar-refractivity contribution in [3.63, 3.8) is 0 Å². The van der Waals surface area contributed by atoms with Crippen LogP contribution in [0.25, 0.3) is 0 Å². The van der Waals surface area contributed by atoms with E-state index in [0.29, 0.717) is 5.56 Å². The zero-order valence-corrected chi connectivity index (χ0v) is 22.8. The first kappa shape index (κ1) is 26.7. The standard InChI is InChI=1S/C28H44N2O4/c1-25(2)14-19(15-26(3,4)29(25)9)22-13-18(23(31)32)11-12-21(22)24(33)34-20-16-27(5,6)30(10)28(7,8)17-20/h11-13,19-20H,14-17H2,1-10H3,(H,31,32). The Kier molecular flexibility index (Phi) is 6.77. The number of ether oxygens (including phenoxy) is 1. The van der Waals surface area contributed by atoms with E-state index in [0.717, 1.165) is 31.2 Å². The van der Waals surface area contributed by atoms with Crippen molar-refractivity contribution in [2.45, 2.75) is 115 Å². The largest absolute Gasteiger partial charge is 0.478 e. The average Bonchev–Trinajstić information content (AvgIpc) is 2.68. The summed E-state index contributed by atoms with van der Waals surface area (Å²) < 4.78 is 6.13. The summed E-state index contributed by atoms with van der Waals surface area (Å²) in [5.41, 5.74) is 1.15. The minimum Gasteiger partial charge on any atom is -0.478 e. The maximum Gasteiger partial charge on any atom is 0.338 e. The van der Waals surface area contributed by atoms with E-state index < -0.39 is 5.97 Å². The van der Waals surface area contributed by atoms with E-state index in [2.05, 4.69) is 79.3 Å². The summed E-state index contributed by atoms with van der Waals surface area (Å²) in [6, 6.07) is 4.88. The predicted octanol–water partition coefficient (Wildman–Crippen LogP) is 5.56. The van der Waals surface area contributed by atoms with Gasteiger partial charge in [0, 0.05) is 35.0 Å². The van der Waals surface area contributed by atoms with Gasteiger partial charge in [-0.2, -0.15) is 0 Å². The molecule has 0 spiro atoms. The molecule has 34 heavy (non-hydrogen) atoms. The summed E-state index contributed by atoms with van der Waals surface area (Å²) in [5, 5.41) is 9.66. The van der Waals surface area contributed by atoms with Crippen molar-refractivity contribution in [1.82, 2.24) is 9.80 Å². The topological polar surface area (TPSA) is 70.1 Å². The smallest absolute Gasteiger partial charge is 0.338 e. The van der Waals surface area contributed by atoms with Crippen molar-refractivity contribution < 1.29 is 19.4 Å². The van der Waals surface area contributed by atoms with Gasteiger partial charge in [0.1, 0.15) is 6.10 Å². The second kappa shape index (κ2) is 8.63. The number of benzene rings is 1. The summed E-state index contributed by atoms with van der Waals surface area (Å²) in [5.74, 6) is -1.26. The van der Waals surface area contributed by atoms with Crippen LogP contribution in [0.2, 0.25) is 0 Å². The molecule has 0 aromatic heterocycles. The van der Waals surface area contributed by atoms with Gasteiger partial charge in [0.15, 0.2) is 0 Å². The third-order valence-electron chi connectivity index (χ3n) is 8.81. The minimum atomic E-state index is -0.980. The highest BCUT2D eigenvalue weighted by Crippen LogP contribution is 2.46. The van der Waals surface area contributed by atoms with Crippen molar-refractivity contribution in [3.05, 3.63) is 34.9 Å². The van der Waals surface area contributed by atoms with Gasteiger partial charge < -0.3 is 9.84 Å². The highest BCUT2D eigenvalue weighted by molar-refractivity contribution is 5.94. The zero-order chi connectivity index (χ0) is 25.9. The Hall–Kier alpha value is -1.92. The third-order valence-corrected chi connectivity index (χ3v) is 8.81. The molecule has 0 amide bonds. The van der Waals surface area contributed by atoms with Crippen LogP contribution in [0.1, 0.15) is 113 Å². The first-order chi connectivity index (χ1) is 15.4. The van der Waals surface area contributed by atoms with Gasteiger partial charge in [-0.05, 0) is 112 Å². The van der Waals surface area contributed by atoms with E-state index in [9.17, 15) is 14.7 Å². The van der Waals surface area contributed by atoms with Crippen LogP contribution in [0.15, 0.2) is 18.2 Å². The monoisotopic (exact) mass is 472 g/mol. The van der Waals surface area contributed by atoms with Crippen molar-refractivity contribution in [2.75, 3.05) is 14.1 Å². The van der Waals surface area contributed by atoms with Crippen LogP contribution in [0.3, 0.4) is 0 Å². The number of carboxylic acids is 1. The molecule has 2 saturated heterocycles. The molecule has 0 bridgehead atoms. The number of hydrogen-bond acceptors (Lipinski definition) is 5. The summed E-state index contributed by atoms with van der Waals surface area (Å²) in [7, 11) is 4.27. The summed E-state index contributed by atoms with van der Waals surface area (Å²) in [6.45, 7) is 17.6. The molecule has 1 N–H and O–H groups in total. The number of piperidine rings is 2. The molecule has 6 heteroatoms. The summed E-state index contributed by atoms with van der Waals surface area (Å²) >= 11 is 0. The van der Waals surface area contributed by atoms with E-state index in [4.69, 9.17) is 4.74 Å². The molecule has 2 aliphatic rings. The van der Waals surface area contributed by atoms with Crippen LogP contribution >= 0.6 is 0 Å². The van der Waals surface area contributed by atoms with Gasteiger partial charge in [0.25, 0.3) is 0 Å². The Morgan fingerprint density at radius 2 is 1.26 bits per heavy atom. The van der Waals surface area contributed by atoms with Crippen molar-refractivity contribution in [3.8, 4) is 0 Å². The van der Waals surface area contributed by atoms with Gasteiger partial charge in [-0.15, -0.1) is 0 Å². The lowest BCUT2D eigenvalue weighted by atomic mass is 9.70. The quantitative estimate of drug-likeness (QED) is 0.579. The number of carboxylic acid groups (broad SMARTS) is 1. The maximum absolute atomic E-state index is 13.6. The van der Waals surface area contributed by atoms with Crippen LogP contribution < -0.4 is 0 Å².